The second-order valence-corrected chi connectivity index (χ2v) is 25.5. The average molecular weight is 1330 g/mol. The first-order chi connectivity index (χ1) is 41.2. The number of rotatable bonds is 4. The van der Waals surface area contributed by atoms with Gasteiger partial charge in [-0.2, -0.15) is 0 Å². The lowest BCUT2D eigenvalue weighted by Crippen LogP contribution is -1.88. The van der Waals surface area contributed by atoms with Crippen molar-refractivity contribution in [3.05, 3.63) is 261 Å². The molecule has 3 aliphatic rings. The van der Waals surface area contributed by atoms with Crippen molar-refractivity contribution in [1.29, 1.82) is 0 Å². The SMILES string of the molecule is Brc1ccc(-c2c3nc(c(-c4ccc(Br)cc4)c4[nH]c(c(-c5ccc(Br)cc5)c5nc(c(-c6ccc(Br)cc6)c6[nH]c2c2cc7ccccc7cc62)-c2cc6ccccc6cc2-5)c2cc5ccccc5cc42)-c2cc4ccccc4cc2-3)cc1. The van der Waals surface area contributed by atoms with Crippen LogP contribution in [0.2, 0.25) is 0 Å². The van der Waals surface area contributed by atoms with E-state index in [-0.39, 0.29) is 0 Å². The van der Waals surface area contributed by atoms with Crippen LogP contribution in [0.15, 0.2) is 261 Å². The van der Waals surface area contributed by atoms with Gasteiger partial charge in [0, 0.05) is 83.9 Å². The highest BCUT2D eigenvalue weighted by molar-refractivity contribution is 9.11. The first-order valence-electron chi connectivity index (χ1n) is 27.9. The summed E-state index contributed by atoms with van der Waals surface area (Å²) >= 11 is 15.3. The van der Waals surface area contributed by atoms with E-state index in [0.29, 0.717) is 0 Å². The maximum absolute atomic E-state index is 6.20. The molecule has 4 nitrogen and oxygen atoms in total. The molecule has 2 aromatic heterocycles. The van der Waals surface area contributed by atoms with Crippen molar-refractivity contribution < 1.29 is 0 Å². The third-order valence-corrected chi connectivity index (χ3v) is 19.2. The number of fused-ring (bicyclic) bond motifs is 4. The minimum absolute atomic E-state index is 0.872. The molecule has 0 amide bonds. The lowest BCUT2D eigenvalue weighted by molar-refractivity contribution is 1.39. The van der Waals surface area contributed by atoms with E-state index in [0.717, 1.165) is 194 Å². The molecule has 1 aliphatic carbocycles. The maximum Gasteiger partial charge on any atom is 0.0816 e. The largest absolute Gasteiger partial charge is 0.353 e. The van der Waals surface area contributed by atoms with Crippen LogP contribution in [0.25, 0.3) is 176 Å². The van der Waals surface area contributed by atoms with Crippen LogP contribution < -0.4 is 0 Å². The first kappa shape index (κ1) is 49.8. The molecule has 0 saturated carbocycles. The summed E-state index contributed by atoms with van der Waals surface area (Å²) in [7, 11) is 0. The number of nitrogens with zero attached hydrogens (tertiary/aromatic N) is 2. The molecule has 12 aromatic carbocycles. The van der Waals surface area contributed by atoms with E-state index >= 15 is 0 Å². The molecular formula is C76H42Br4N4. The van der Waals surface area contributed by atoms with E-state index in [1.54, 1.807) is 0 Å². The van der Waals surface area contributed by atoms with Crippen molar-refractivity contribution in [3.63, 3.8) is 0 Å². The zero-order chi connectivity index (χ0) is 55.9. The molecular weight excluding hydrogens is 1290 g/mol. The number of hydrogen-bond acceptors (Lipinski definition) is 2. The number of aromatic amines is 2. The average Bonchev–Trinajstić information content (AvgIpc) is 1.80. The van der Waals surface area contributed by atoms with Gasteiger partial charge in [-0.15, -0.1) is 0 Å². The second-order valence-electron chi connectivity index (χ2n) is 21.9. The summed E-state index contributed by atoms with van der Waals surface area (Å²) < 4.78 is 3.97. The Morgan fingerprint density at radius 3 is 0.619 bits per heavy atom. The van der Waals surface area contributed by atoms with E-state index in [1.807, 2.05) is 0 Å². The van der Waals surface area contributed by atoms with Gasteiger partial charge in [0.05, 0.1) is 44.8 Å². The second kappa shape index (κ2) is 19.4. The van der Waals surface area contributed by atoms with Crippen LogP contribution in [0, 0.1) is 0 Å². The fourth-order valence-electron chi connectivity index (χ4n) is 13.2. The minimum Gasteiger partial charge on any atom is -0.353 e. The minimum atomic E-state index is 0.872. The van der Waals surface area contributed by atoms with Gasteiger partial charge in [-0.25, -0.2) is 9.97 Å². The topological polar surface area (TPSA) is 57.4 Å². The molecule has 2 aliphatic heterocycles. The Morgan fingerprint density at radius 1 is 0.226 bits per heavy atom. The van der Waals surface area contributed by atoms with Crippen LogP contribution in [0.3, 0.4) is 0 Å². The normalized spacial score (nSPS) is 12.0. The zero-order valence-electron chi connectivity index (χ0n) is 44.5. The summed E-state index contributed by atoms with van der Waals surface area (Å²) in [6.45, 7) is 0. The quantitative estimate of drug-likeness (QED) is 0.184. The lowest BCUT2D eigenvalue weighted by atomic mass is 9.91. The Labute approximate surface area is 516 Å². The van der Waals surface area contributed by atoms with Gasteiger partial charge in [-0.1, -0.05) is 209 Å². The summed E-state index contributed by atoms with van der Waals surface area (Å²) in [5.41, 5.74) is 19.6. The fourth-order valence-corrected chi connectivity index (χ4v) is 14.2. The van der Waals surface area contributed by atoms with Crippen LogP contribution in [0.4, 0.5) is 0 Å². The molecule has 0 atom stereocenters. The van der Waals surface area contributed by atoms with Gasteiger partial charge in [0.15, 0.2) is 0 Å². The van der Waals surface area contributed by atoms with Gasteiger partial charge in [0.1, 0.15) is 0 Å². The van der Waals surface area contributed by atoms with Crippen LogP contribution in [-0.4, -0.2) is 19.9 Å². The molecule has 4 heterocycles. The smallest absolute Gasteiger partial charge is 0.0816 e. The number of benzene rings is 12. The zero-order valence-corrected chi connectivity index (χ0v) is 50.8. The highest BCUT2D eigenvalue weighted by Gasteiger charge is 2.31. The highest BCUT2D eigenvalue weighted by atomic mass is 79.9. The van der Waals surface area contributed by atoms with Gasteiger partial charge in [0.25, 0.3) is 0 Å². The Bertz CT molecular complexity index is 4830. The van der Waals surface area contributed by atoms with Crippen molar-refractivity contribution in [2.75, 3.05) is 0 Å². The molecule has 14 aromatic rings. The Balaban J connectivity index is 1.23. The van der Waals surface area contributed by atoms with Gasteiger partial charge in [-0.05, 0) is 162 Å². The lowest BCUT2D eigenvalue weighted by Gasteiger charge is -2.11. The van der Waals surface area contributed by atoms with Crippen molar-refractivity contribution in [2.24, 2.45) is 0 Å². The Kier molecular flexibility index (Phi) is 11.5. The predicted octanol–water partition coefficient (Wildman–Crippen LogP) is 23.6. The van der Waals surface area contributed by atoms with E-state index in [9.17, 15) is 0 Å². The van der Waals surface area contributed by atoms with E-state index < -0.39 is 0 Å². The van der Waals surface area contributed by atoms with Gasteiger partial charge < -0.3 is 9.97 Å². The number of halogens is 4. The molecule has 8 bridgehead atoms. The molecule has 84 heavy (non-hydrogen) atoms. The summed E-state index contributed by atoms with van der Waals surface area (Å²) in [6, 6.07) is 88.7. The number of hydrogen-bond donors (Lipinski definition) is 2. The van der Waals surface area contributed by atoms with Crippen molar-refractivity contribution in [3.8, 4) is 89.5 Å². The highest BCUT2D eigenvalue weighted by Crippen LogP contribution is 2.54. The summed E-state index contributed by atoms with van der Waals surface area (Å²) in [5, 5.41) is 13.4. The standard InChI is InChI=1S/C76H42Br4N4/c77-53-25-17-41(18-26-53)65-69-57-33-45-9-1-2-10-46(45)34-58(57)70(81-69)66(42-19-27-54(78)28-20-42)72-61-37-49-13-5-6-14-50(49)38-62(61)74(83-72)68(44-23-31-56(80)32-24-44)76-64-40-52-16-8-7-15-51(52)39-63(64)75(84-76)67(43-21-29-55(79)30-22-43)73-60-36-48-12-4-3-11-47(48)35-59(60)71(65)82-73/h1-40,81,84H. The van der Waals surface area contributed by atoms with Crippen molar-refractivity contribution in [2.45, 2.75) is 0 Å². The van der Waals surface area contributed by atoms with Gasteiger partial charge >= 0.3 is 0 Å². The number of nitrogens with one attached hydrogen (secondary N) is 2. The number of H-pyrrole nitrogens is 2. The third-order valence-electron chi connectivity index (χ3n) is 17.1. The summed E-state index contributed by atoms with van der Waals surface area (Å²) in [6.07, 6.45) is 0. The molecule has 394 valence electrons. The van der Waals surface area contributed by atoms with Gasteiger partial charge in [0.2, 0.25) is 0 Å². The number of aromatic nitrogens is 4. The maximum atomic E-state index is 6.20. The monoisotopic (exact) mass is 1330 g/mol. The summed E-state index contributed by atoms with van der Waals surface area (Å²) in [4.78, 5) is 21.0. The molecule has 0 radical (unpaired) electrons. The molecule has 2 N–H and O–H groups in total. The Morgan fingerprint density at radius 2 is 0.417 bits per heavy atom. The van der Waals surface area contributed by atoms with Crippen LogP contribution >= 0.6 is 63.7 Å². The Hall–Kier alpha value is -8.76. The molecule has 17 rings (SSSR count). The van der Waals surface area contributed by atoms with Crippen LogP contribution in [0.5, 0.6) is 0 Å². The van der Waals surface area contributed by atoms with E-state index in [1.165, 1.54) is 0 Å². The molecule has 0 spiro atoms. The van der Waals surface area contributed by atoms with Crippen LogP contribution in [0.1, 0.15) is 0 Å². The van der Waals surface area contributed by atoms with Gasteiger partial charge in [-0.3, -0.25) is 0 Å². The van der Waals surface area contributed by atoms with Crippen molar-refractivity contribution >= 4 is 150 Å². The van der Waals surface area contributed by atoms with Crippen LogP contribution in [-0.2, 0) is 0 Å². The first-order valence-corrected chi connectivity index (χ1v) is 31.0. The summed E-state index contributed by atoms with van der Waals surface area (Å²) in [5.74, 6) is 0. The fraction of sp³-hybridized carbons (Fsp3) is 0. The van der Waals surface area contributed by atoms with Crippen molar-refractivity contribution in [1.82, 2.24) is 19.9 Å². The molecule has 8 heteroatoms. The molecule has 0 unspecified atom stereocenters. The predicted molar refractivity (Wildman–Crippen MR) is 367 cm³/mol. The molecule has 0 saturated heterocycles. The molecule has 0 fully saturated rings. The van der Waals surface area contributed by atoms with E-state index in [2.05, 4.69) is 316 Å². The van der Waals surface area contributed by atoms with E-state index in [4.69, 9.17) is 9.97 Å². The third kappa shape index (κ3) is 7.95.